The lowest BCUT2D eigenvalue weighted by molar-refractivity contribution is -0.136. The van der Waals surface area contributed by atoms with E-state index < -0.39 is 28.2 Å². The molecule has 6 nitrogen and oxygen atoms in total. The van der Waals surface area contributed by atoms with Crippen LogP contribution in [0.5, 0.6) is 0 Å². The predicted octanol–water partition coefficient (Wildman–Crippen LogP) is 0.359. The number of aliphatic carboxylic acids is 1. The number of carbonyl (C=O) groups is 1. The summed E-state index contributed by atoms with van der Waals surface area (Å²) in [5.41, 5.74) is 0. The van der Waals surface area contributed by atoms with E-state index in [4.69, 9.17) is 5.11 Å². The van der Waals surface area contributed by atoms with E-state index in [1.807, 2.05) is 0 Å². The van der Waals surface area contributed by atoms with Gasteiger partial charge in [-0.15, -0.1) is 11.3 Å². The van der Waals surface area contributed by atoms with Crippen molar-refractivity contribution in [2.45, 2.75) is 6.42 Å². The van der Waals surface area contributed by atoms with Crippen molar-refractivity contribution in [2.75, 3.05) is 10.5 Å². The quantitative estimate of drug-likeness (QED) is 0.769. The molecule has 0 amide bonds. The van der Waals surface area contributed by atoms with Crippen molar-refractivity contribution in [1.82, 2.24) is 4.98 Å². The topological polar surface area (TPSA) is 96.4 Å². The second kappa shape index (κ2) is 4.38. The lowest BCUT2D eigenvalue weighted by Crippen LogP contribution is -2.18. The Balaban J connectivity index is 2.55. The Bertz CT molecular complexity index is 397. The standard InChI is InChI=1S/C6H8N2O4S2/c9-5(10)1-4-14(11,12)8-6-7-2-3-13-6/h2-3H,1,4H2,(H,7,8)(H,9,10). The molecule has 0 aromatic carbocycles. The van der Waals surface area contributed by atoms with Gasteiger partial charge in [-0.2, -0.15) is 0 Å². The molecule has 0 aliphatic rings. The molecule has 8 heteroatoms. The first kappa shape index (κ1) is 10.9. The Kier molecular flexibility index (Phi) is 3.42. The number of rotatable bonds is 5. The minimum Gasteiger partial charge on any atom is -0.481 e. The second-order valence-corrected chi connectivity index (χ2v) is 5.14. The van der Waals surface area contributed by atoms with Crippen molar-refractivity contribution in [1.29, 1.82) is 0 Å². The summed E-state index contributed by atoms with van der Waals surface area (Å²) in [6, 6.07) is 0. The average molecular weight is 236 g/mol. The third-order valence-corrected chi connectivity index (χ3v) is 3.32. The molecule has 0 bridgehead atoms. The van der Waals surface area contributed by atoms with Crippen LogP contribution in [0.15, 0.2) is 11.6 Å². The van der Waals surface area contributed by atoms with E-state index in [1.165, 1.54) is 6.20 Å². The van der Waals surface area contributed by atoms with Crippen LogP contribution >= 0.6 is 11.3 Å². The van der Waals surface area contributed by atoms with Gasteiger partial charge in [0.25, 0.3) is 0 Å². The zero-order chi connectivity index (χ0) is 10.6. The Morgan fingerprint density at radius 3 is 2.86 bits per heavy atom. The monoisotopic (exact) mass is 236 g/mol. The first-order valence-corrected chi connectivity index (χ1v) is 6.14. The summed E-state index contributed by atoms with van der Waals surface area (Å²) in [5, 5.41) is 10.2. The van der Waals surface area contributed by atoms with Crippen molar-refractivity contribution in [3.05, 3.63) is 11.6 Å². The maximum atomic E-state index is 11.2. The number of aromatic nitrogens is 1. The maximum Gasteiger partial charge on any atom is 0.304 e. The van der Waals surface area contributed by atoms with E-state index in [0.29, 0.717) is 0 Å². The summed E-state index contributed by atoms with van der Waals surface area (Å²) in [7, 11) is -3.58. The van der Waals surface area contributed by atoms with Crippen molar-refractivity contribution in [3.63, 3.8) is 0 Å². The van der Waals surface area contributed by atoms with Crippen LogP contribution in [-0.4, -0.2) is 30.2 Å². The van der Waals surface area contributed by atoms with Crippen molar-refractivity contribution in [3.8, 4) is 0 Å². The van der Waals surface area contributed by atoms with E-state index in [2.05, 4.69) is 9.71 Å². The number of nitrogens with one attached hydrogen (secondary N) is 1. The fraction of sp³-hybridized carbons (Fsp3) is 0.333. The minimum atomic E-state index is -3.58. The fourth-order valence-electron chi connectivity index (χ4n) is 0.680. The number of hydrogen-bond acceptors (Lipinski definition) is 5. The van der Waals surface area contributed by atoms with E-state index in [9.17, 15) is 13.2 Å². The first-order chi connectivity index (χ1) is 6.49. The largest absolute Gasteiger partial charge is 0.481 e. The number of carboxylic acid groups (broad SMARTS) is 1. The summed E-state index contributed by atoms with van der Waals surface area (Å²) in [6.45, 7) is 0. The van der Waals surface area contributed by atoms with Gasteiger partial charge < -0.3 is 5.11 Å². The van der Waals surface area contributed by atoms with E-state index in [-0.39, 0.29) is 5.13 Å². The average Bonchev–Trinajstić information content (AvgIpc) is 2.53. The van der Waals surface area contributed by atoms with Gasteiger partial charge in [-0.3, -0.25) is 9.52 Å². The normalized spacial score (nSPS) is 11.1. The van der Waals surface area contributed by atoms with Crippen LogP contribution in [0.2, 0.25) is 0 Å². The number of thiazole rings is 1. The Hall–Kier alpha value is -1.15. The van der Waals surface area contributed by atoms with Crippen LogP contribution in [0, 0.1) is 0 Å². The second-order valence-electron chi connectivity index (χ2n) is 2.40. The first-order valence-electron chi connectivity index (χ1n) is 3.61. The third kappa shape index (κ3) is 3.71. The van der Waals surface area contributed by atoms with Gasteiger partial charge in [-0.1, -0.05) is 0 Å². The van der Waals surface area contributed by atoms with E-state index >= 15 is 0 Å². The smallest absolute Gasteiger partial charge is 0.304 e. The molecule has 0 aliphatic carbocycles. The molecule has 1 heterocycles. The molecular formula is C6H8N2O4S2. The number of carboxylic acids is 1. The van der Waals surface area contributed by atoms with E-state index in [1.54, 1.807) is 5.38 Å². The molecule has 1 aromatic heterocycles. The lowest BCUT2D eigenvalue weighted by Gasteiger charge is -2.02. The summed E-state index contributed by atoms with van der Waals surface area (Å²) in [5.74, 6) is -1.59. The maximum absolute atomic E-state index is 11.2. The molecule has 2 N–H and O–H groups in total. The van der Waals surface area contributed by atoms with Crippen LogP contribution in [0.4, 0.5) is 5.13 Å². The molecule has 0 unspecified atom stereocenters. The fourth-order valence-corrected chi connectivity index (χ4v) is 2.49. The van der Waals surface area contributed by atoms with Crippen LogP contribution < -0.4 is 4.72 Å². The SMILES string of the molecule is O=C(O)CCS(=O)(=O)Nc1nccs1. The van der Waals surface area contributed by atoms with Gasteiger partial charge in [-0.05, 0) is 0 Å². The van der Waals surface area contributed by atoms with Gasteiger partial charge >= 0.3 is 5.97 Å². The highest BCUT2D eigenvalue weighted by molar-refractivity contribution is 7.92. The van der Waals surface area contributed by atoms with Crippen LogP contribution in [-0.2, 0) is 14.8 Å². The summed E-state index contributed by atoms with van der Waals surface area (Å²) in [6.07, 6.45) is 1.04. The van der Waals surface area contributed by atoms with Gasteiger partial charge in [0.2, 0.25) is 10.0 Å². The highest BCUT2D eigenvalue weighted by atomic mass is 32.2. The van der Waals surface area contributed by atoms with Crippen LogP contribution in [0.25, 0.3) is 0 Å². The zero-order valence-corrected chi connectivity index (χ0v) is 8.64. The number of sulfonamides is 1. The molecule has 14 heavy (non-hydrogen) atoms. The lowest BCUT2D eigenvalue weighted by atomic mass is 10.5. The molecule has 1 rings (SSSR count). The van der Waals surface area contributed by atoms with Crippen molar-refractivity contribution in [2.24, 2.45) is 0 Å². The number of anilines is 1. The molecule has 0 aliphatic heterocycles. The van der Waals surface area contributed by atoms with Gasteiger partial charge in [0, 0.05) is 11.6 Å². The van der Waals surface area contributed by atoms with Crippen LogP contribution in [0.1, 0.15) is 6.42 Å². The van der Waals surface area contributed by atoms with E-state index in [0.717, 1.165) is 11.3 Å². The molecule has 0 saturated carbocycles. The Morgan fingerprint density at radius 2 is 2.36 bits per heavy atom. The molecule has 0 atom stereocenters. The van der Waals surface area contributed by atoms with Gasteiger partial charge in [0.1, 0.15) is 0 Å². The predicted molar refractivity (Wildman–Crippen MR) is 51.8 cm³/mol. The Labute approximate surface area is 84.7 Å². The molecule has 0 spiro atoms. The number of hydrogen-bond donors (Lipinski definition) is 2. The van der Waals surface area contributed by atoms with Crippen molar-refractivity contribution >= 4 is 32.5 Å². The molecule has 0 radical (unpaired) electrons. The molecule has 0 saturated heterocycles. The molecular weight excluding hydrogens is 228 g/mol. The van der Waals surface area contributed by atoms with Crippen LogP contribution in [0.3, 0.4) is 0 Å². The molecule has 0 fully saturated rings. The highest BCUT2D eigenvalue weighted by Gasteiger charge is 2.13. The highest BCUT2D eigenvalue weighted by Crippen LogP contribution is 2.12. The molecule has 78 valence electrons. The summed E-state index contributed by atoms with van der Waals surface area (Å²) < 4.78 is 24.6. The summed E-state index contributed by atoms with van der Waals surface area (Å²) >= 11 is 1.14. The van der Waals surface area contributed by atoms with Gasteiger partial charge in [0.05, 0.1) is 12.2 Å². The summed E-state index contributed by atoms with van der Waals surface area (Å²) in [4.78, 5) is 13.9. The number of nitrogens with zero attached hydrogens (tertiary/aromatic N) is 1. The Morgan fingerprint density at radius 1 is 1.64 bits per heavy atom. The van der Waals surface area contributed by atoms with Gasteiger partial charge in [0.15, 0.2) is 5.13 Å². The minimum absolute atomic E-state index is 0.246. The molecule has 1 aromatic rings. The zero-order valence-electron chi connectivity index (χ0n) is 7.00. The third-order valence-electron chi connectivity index (χ3n) is 1.26. The van der Waals surface area contributed by atoms with Crippen molar-refractivity contribution < 1.29 is 18.3 Å². The van der Waals surface area contributed by atoms with Gasteiger partial charge in [-0.25, -0.2) is 13.4 Å².